The average Bonchev–Trinajstić information content (AvgIpc) is 2.66. The molecule has 1 unspecified atom stereocenters. The zero-order valence-corrected chi connectivity index (χ0v) is 15.4. The van der Waals surface area contributed by atoms with Crippen molar-refractivity contribution < 1.29 is 9.53 Å². The molecule has 1 aliphatic heterocycles. The maximum atomic E-state index is 12.6. The Hall–Kier alpha value is -2.25. The van der Waals surface area contributed by atoms with Gasteiger partial charge in [-0.05, 0) is 24.5 Å². The minimum Gasteiger partial charge on any atom is -0.379 e. The van der Waals surface area contributed by atoms with E-state index in [9.17, 15) is 9.59 Å². The first-order valence-electron chi connectivity index (χ1n) is 9.12. The number of amides is 1. The quantitative estimate of drug-likeness (QED) is 0.839. The number of nitrogens with zero attached hydrogens (tertiary/aromatic N) is 3. The second-order valence-corrected chi connectivity index (χ2v) is 7.05. The third kappa shape index (κ3) is 4.28. The Bertz CT molecular complexity index is 812. The number of ether oxygens (including phenoxy) is 1. The zero-order chi connectivity index (χ0) is 18.5. The number of carbonyl (C=O) groups excluding carboxylic acids is 1. The number of rotatable bonds is 6. The van der Waals surface area contributed by atoms with Crippen molar-refractivity contribution in [2.24, 2.45) is 5.92 Å². The van der Waals surface area contributed by atoms with Gasteiger partial charge in [0.1, 0.15) is 11.2 Å². The Morgan fingerprint density at radius 3 is 2.81 bits per heavy atom. The zero-order valence-electron chi connectivity index (χ0n) is 15.4. The maximum absolute atomic E-state index is 12.6. The fourth-order valence-corrected chi connectivity index (χ4v) is 3.34. The lowest BCUT2D eigenvalue weighted by Gasteiger charge is -2.35. The summed E-state index contributed by atoms with van der Waals surface area (Å²) in [5.41, 5.74) is 0.249. The van der Waals surface area contributed by atoms with Gasteiger partial charge in [0, 0.05) is 38.1 Å². The number of morpholine rings is 1. The summed E-state index contributed by atoms with van der Waals surface area (Å²) in [7, 11) is 0. The third-order valence-electron chi connectivity index (χ3n) is 4.66. The summed E-state index contributed by atoms with van der Waals surface area (Å²) < 4.78 is 6.82. The van der Waals surface area contributed by atoms with Crippen molar-refractivity contribution in [3.63, 3.8) is 0 Å². The van der Waals surface area contributed by atoms with E-state index >= 15 is 0 Å². The van der Waals surface area contributed by atoms with Crippen LogP contribution in [0.3, 0.4) is 0 Å². The number of nitrogens with one attached hydrogen (secondary N) is 1. The van der Waals surface area contributed by atoms with Crippen LogP contribution in [0.2, 0.25) is 0 Å². The molecule has 1 atom stereocenters. The Kier molecular flexibility index (Phi) is 6.00. The molecule has 3 heterocycles. The molecule has 0 bridgehead atoms. The Morgan fingerprint density at radius 1 is 1.31 bits per heavy atom. The van der Waals surface area contributed by atoms with Gasteiger partial charge < -0.3 is 10.1 Å². The monoisotopic (exact) mass is 358 g/mol. The molecule has 3 rings (SSSR count). The van der Waals surface area contributed by atoms with E-state index < -0.39 is 0 Å². The smallest absolute Gasteiger partial charge is 0.270 e. The summed E-state index contributed by atoms with van der Waals surface area (Å²) in [5, 5.41) is 2.93. The lowest BCUT2D eigenvalue weighted by atomic mass is 10.0. The van der Waals surface area contributed by atoms with E-state index in [1.807, 2.05) is 0 Å². The normalized spacial score (nSPS) is 16.7. The number of carbonyl (C=O) groups is 1. The molecule has 7 nitrogen and oxygen atoms in total. The van der Waals surface area contributed by atoms with Gasteiger partial charge in [0.05, 0.1) is 13.2 Å². The number of fused-ring (bicyclic) bond motifs is 1. The first-order valence-corrected chi connectivity index (χ1v) is 9.12. The fraction of sp³-hybridized carbons (Fsp3) is 0.526. The third-order valence-corrected chi connectivity index (χ3v) is 4.66. The Balaban J connectivity index is 1.71. The van der Waals surface area contributed by atoms with Gasteiger partial charge in [0.25, 0.3) is 11.5 Å². The minimum atomic E-state index is -0.372. The topological polar surface area (TPSA) is 75.9 Å². The van der Waals surface area contributed by atoms with Crippen LogP contribution < -0.4 is 10.9 Å². The lowest BCUT2D eigenvalue weighted by Crippen LogP contribution is -2.49. The molecule has 1 aliphatic rings. The second-order valence-electron chi connectivity index (χ2n) is 7.05. The highest BCUT2D eigenvalue weighted by Crippen LogP contribution is 2.13. The van der Waals surface area contributed by atoms with E-state index in [0.29, 0.717) is 18.1 Å². The van der Waals surface area contributed by atoms with Gasteiger partial charge in [0.2, 0.25) is 0 Å². The molecule has 1 saturated heterocycles. The number of hydrogen-bond acceptors (Lipinski definition) is 5. The fourth-order valence-electron chi connectivity index (χ4n) is 3.34. The highest BCUT2D eigenvalue weighted by atomic mass is 16.5. The van der Waals surface area contributed by atoms with Crippen LogP contribution >= 0.6 is 0 Å². The number of pyridine rings is 1. The van der Waals surface area contributed by atoms with E-state index in [1.165, 1.54) is 10.6 Å². The standard InChI is InChI=1S/C19H26N4O3/c1-14(2)11-15(22-7-9-26-10-8-22)12-21-18(24)16-13-20-17-5-3-4-6-23(17)19(16)25/h3-6,13-15H,7-12H2,1-2H3,(H,21,24). The van der Waals surface area contributed by atoms with Crippen LogP contribution in [0.5, 0.6) is 0 Å². The van der Waals surface area contributed by atoms with Crippen LogP contribution in [-0.4, -0.2) is 59.1 Å². The van der Waals surface area contributed by atoms with Crippen LogP contribution in [0.1, 0.15) is 30.6 Å². The summed E-state index contributed by atoms with van der Waals surface area (Å²) in [6, 6.07) is 5.52. The molecular weight excluding hydrogens is 332 g/mol. The molecule has 1 amide bonds. The van der Waals surface area contributed by atoms with Crippen LogP contribution in [0.25, 0.3) is 5.65 Å². The van der Waals surface area contributed by atoms with Crippen molar-refractivity contribution in [3.8, 4) is 0 Å². The van der Waals surface area contributed by atoms with Gasteiger partial charge in [-0.1, -0.05) is 19.9 Å². The molecule has 1 N–H and O–H groups in total. The maximum Gasteiger partial charge on any atom is 0.270 e. The van der Waals surface area contributed by atoms with Crippen LogP contribution in [0.4, 0.5) is 0 Å². The van der Waals surface area contributed by atoms with Crippen LogP contribution in [0.15, 0.2) is 35.4 Å². The van der Waals surface area contributed by atoms with E-state index in [1.54, 1.807) is 24.4 Å². The molecule has 2 aromatic rings. The van der Waals surface area contributed by atoms with Gasteiger partial charge in [-0.15, -0.1) is 0 Å². The first-order chi connectivity index (χ1) is 12.6. The number of aromatic nitrogens is 2. The highest BCUT2D eigenvalue weighted by molar-refractivity contribution is 5.93. The van der Waals surface area contributed by atoms with Gasteiger partial charge in [0.15, 0.2) is 0 Å². The predicted octanol–water partition coefficient (Wildman–Crippen LogP) is 1.17. The van der Waals surface area contributed by atoms with E-state index in [4.69, 9.17) is 4.74 Å². The summed E-state index contributed by atoms with van der Waals surface area (Å²) in [6.07, 6.45) is 3.96. The summed E-state index contributed by atoms with van der Waals surface area (Å²) >= 11 is 0. The van der Waals surface area contributed by atoms with Gasteiger partial charge in [-0.2, -0.15) is 0 Å². The molecule has 0 saturated carbocycles. The molecule has 0 aromatic carbocycles. The Morgan fingerprint density at radius 2 is 2.08 bits per heavy atom. The van der Waals surface area contributed by atoms with Crippen molar-refractivity contribution in [2.45, 2.75) is 26.3 Å². The van der Waals surface area contributed by atoms with E-state index in [2.05, 4.69) is 29.0 Å². The molecule has 1 fully saturated rings. The second kappa shape index (κ2) is 8.42. The Labute approximate surface area is 153 Å². The van der Waals surface area contributed by atoms with Gasteiger partial charge in [-0.25, -0.2) is 4.98 Å². The van der Waals surface area contributed by atoms with Crippen molar-refractivity contribution >= 4 is 11.6 Å². The molecule has 0 radical (unpaired) electrons. The van der Waals surface area contributed by atoms with Crippen LogP contribution in [-0.2, 0) is 4.74 Å². The van der Waals surface area contributed by atoms with Gasteiger partial charge >= 0.3 is 0 Å². The summed E-state index contributed by atoms with van der Waals surface area (Å²) in [4.78, 5) is 31.7. The largest absolute Gasteiger partial charge is 0.379 e. The van der Waals surface area contributed by atoms with Gasteiger partial charge in [-0.3, -0.25) is 18.9 Å². The van der Waals surface area contributed by atoms with Crippen molar-refractivity contribution in [2.75, 3.05) is 32.8 Å². The van der Waals surface area contributed by atoms with Crippen LogP contribution in [0, 0.1) is 5.92 Å². The molecule has 2 aromatic heterocycles. The molecule has 140 valence electrons. The molecular formula is C19H26N4O3. The molecule has 7 heteroatoms. The van der Waals surface area contributed by atoms with E-state index in [0.717, 1.165) is 32.7 Å². The highest BCUT2D eigenvalue weighted by Gasteiger charge is 2.23. The minimum absolute atomic E-state index is 0.0685. The van der Waals surface area contributed by atoms with Crippen molar-refractivity contribution in [1.82, 2.24) is 19.6 Å². The summed E-state index contributed by atoms with van der Waals surface area (Å²) in [6.45, 7) is 8.04. The molecule has 0 aliphatic carbocycles. The average molecular weight is 358 g/mol. The molecule has 26 heavy (non-hydrogen) atoms. The number of hydrogen-bond donors (Lipinski definition) is 1. The van der Waals surface area contributed by atoms with E-state index in [-0.39, 0.29) is 23.1 Å². The SMILES string of the molecule is CC(C)CC(CNC(=O)c1cnc2ccccn2c1=O)N1CCOCC1. The first kappa shape index (κ1) is 18.5. The molecule has 0 spiro atoms. The predicted molar refractivity (Wildman–Crippen MR) is 99.4 cm³/mol. The summed E-state index contributed by atoms with van der Waals surface area (Å²) in [5.74, 6) is 0.149. The lowest BCUT2D eigenvalue weighted by molar-refractivity contribution is 0.0124. The van der Waals surface area contributed by atoms with Crippen molar-refractivity contribution in [1.29, 1.82) is 0 Å². The van der Waals surface area contributed by atoms with Crippen molar-refractivity contribution in [3.05, 3.63) is 46.5 Å².